The van der Waals surface area contributed by atoms with Crippen molar-refractivity contribution in [3.63, 3.8) is 0 Å². The van der Waals surface area contributed by atoms with Gasteiger partial charge in [-0.2, -0.15) is 0 Å². The zero-order chi connectivity index (χ0) is 18.4. The number of carbonyl (C=O) groups is 2. The first-order valence-corrected chi connectivity index (χ1v) is 7.78. The molecule has 0 spiro atoms. The predicted octanol–water partition coefficient (Wildman–Crippen LogP) is 3.40. The maximum Gasteiger partial charge on any atom is 0.344 e. The third-order valence-electron chi connectivity index (χ3n) is 2.91. The standard InChI is InChI=1S/C16H13Cl2FN2O4/c1-9-10(17)6-11(18)16(20-9)21-14(22)7-25-15(23)8-24-13-5-3-2-4-12(13)19/h2-6H,7-8H2,1H3,(H,20,21,22). The van der Waals surface area contributed by atoms with Crippen LogP contribution in [0.4, 0.5) is 10.2 Å². The van der Waals surface area contributed by atoms with Gasteiger partial charge in [-0.3, -0.25) is 4.79 Å². The number of para-hydroxylation sites is 1. The second-order valence-corrected chi connectivity index (χ2v) is 5.63. The highest BCUT2D eigenvalue weighted by Gasteiger charge is 2.13. The van der Waals surface area contributed by atoms with Gasteiger partial charge in [0, 0.05) is 0 Å². The summed E-state index contributed by atoms with van der Waals surface area (Å²) in [5.74, 6) is -2.06. The van der Waals surface area contributed by atoms with Crippen molar-refractivity contribution < 1.29 is 23.5 Å². The highest BCUT2D eigenvalue weighted by molar-refractivity contribution is 6.36. The van der Waals surface area contributed by atoms with E-state index in [0.29, 0.717) is 10.7 Å². The van der Waals surface area contributed by atoms with Gasteiger partial charge in [0.25, 0.3) is 5.91 Å². The molecule has 0 radical (unpaired) electrons. The first-order valence-electron chi connectivity index (χ1n) is 7.02. The average Bonchev–Trinajstić information content (AvgIpc) is 2.57. The van der Waals surface area contributed by atoms with Crippen LogP contribution in [0, 0.1) is 12.7 Å². The summed E-state index contributed by atoms with van der Waals surface area (Å²) in [4.78, 5) is 27.3. The third kappa shape index (κ3) is 5.58. The molecule has 0 aliphatic heterocycles. The minimum Gasteiger partial charge on any atom is -0.479 e. The molecular formula is C16H13Cl2FN2O4. The molecule has 132 valence electrons. The molecule has 1 amide bonds. The Labute approximate surface area is 152 Å². The number of pyridine rings is 1. The molecule has 9 heteroatoms. The SMILES string of the molecule is Cc1nc(NC(=O)COC(=O)COc2ccccc2F)c(Cl)cc1Cl. The Bertz CT molecular complexity index is 802. The van der Waals surface area contributed by atoms with Gasteiger partial charge in [-0.1, -0.05) is 35.3 Å². The molecule has 0 saturated carbocycles. The number of aromatic nitrogens is 1. The summed E-state index contributed by atoms with van der Waals surface area (Å²) < 4.78 is 23.0. The molecule has 25 heavy (non-hydrogen) atoms. The van der Waals surface area contributed by atoms with E-state index in [-0.39, 0.29) is 16.6 Å². The lowest BCUT2D eigenvalue weighted by Gasteiger charge is -2.09. The number of nitrogens with zero attached hydrogens (tertiary/aromatic N) is 1. The van der Waals surface area contributed by atoms with Crippen molar-refractivity contribution in [1.29, 1.82) is 0 Å². The number of amides is 1. The summed E-state index contributed by atoms with van der Waals surface area (Å²) in [6.07, 6.45) is 0. The van der Waals surface area contributed by atoms with Crippen LogP contribution in [-0.4, -0.2) is 30.1 Å². The number of esters is 1. The van der Waals surface area contributed by atoms with Gasteiger partial charge >= 0.3 is 5.97 Å². The number of hydrogen-bond donors (Lipinski definition) is 1. The monoisotopic (exact) mass is 386 g/mol. The van der Waals surface area contributed by atoms with Crippen LogP contribution in [0.1, 0.15) is 5.69 Å². The lowest BCUT2D eigenvalue weighted by Crippen LogP contribution is -2.24. The molecule has 0 fully saturated rings. The van der Waals surface area contributed by atoms with Crippen LogP contribution in [0.3, 0.4) is 0 Å². The molecule has 0 unspecified atom stereocenters. The summed E-state index contributed by atoms with van der Waals surface area (Å²) in [5.41, 5.74) is 0.483. The molecule has 2 aromatic rings. The average molecular weight is 387 g/mol. The van der Waals surface area contributed by atoms with Gasteiger partial charge in [-0.25, -0.2) is 14.2 Å². The number of rotatable bonds is 6. The fraction of sp³-hybridized carbons (Fsp3) is 0.188. The highest BCUT2D eigenvalue weighted by Crippen LogP contribution is 2.25. The zero-order valence-electron chi connectivity index (χ0n) is 13.0. The van der Waals surface area contributed by atoms with Gasteiger partial charge in [0.15, 0.2) is 30.6 Å². The fourth-order valence-corrected chi connectivity index (χ4v) is 2.11. The molecule has 0 aliphatic rings. The molecule has 2 rings (SSSR count). The number of halogens is 3. The van der Waals surface area contributed by atoms with E-state index in [1.165, 1.54) is 24.3 Å². The lowest BCUT2D eigenvalue weighted by molar-refractivity contribution is -0.149. The topological polar surface area (TPSA) is 77.5 Å². The smallest absolute Gasteiger partial charge is 0.344 e. The quantitative estimate of drug-likeness (QED) is 0.769. The Morgan fingerprint density at radius 3 is 2.64 bits per heavy atom. The Morgan fingerprint density at radius 1 is 1.20 bits per heavy atom. The normalized spacial score (nSPS) is 10.2. The Kier molecular flexibility index (Phi) is 6.55. The van der Waals surface area contributed by atoms with E-state index in [2.05, 4.69) is 10.3 Å². The summed E-state index contributed by atoms with van der Waals surface area (Å²) in [6, 6.07) is 7.05. The first-order chi connectivity index (χ1) is 11.9. The van der Waals surface area contributed by atoms with Gasteiger partial charge in [-0.15, -0.1) is 0 Å². The van der Waals surface area contributed by atoms with Gasteiger partial charge in [0.05, 0.1) is 15.7 Å². The largest absolute Gasteiger partial charge is 0.479 e. The highest BCUT2D eigenvalue weighted by atomic mass is 35.5. The molecule has 1 aromatic carbocycles. The number of anilines is 1. The van der Waals surface area contributed by atoms with Crippen molar-refractivity contribution >= 4 is 40.9 Å². The van der Waals surface area contributed by atoms with Crippen LogP contribution >= 0.6 is 23.2 Å². The van der Waals surface area contributed by atoms with E-state index < -0.39 is 30.9 Å². The van der Waals surface area contributed by atoms with Gasteiger partial charge < -0.3 is 14.8 Å². The maximum absolute atomic E-state index is 13.3. The molecule has 6 nitrogen and oxygen atoms in total. The van der Waals surface area contributed by atoms with E-state index in [4.69, 9.17) is 32.7 Å². The van der Waals surface area contributed by atoms with Crippen molar-refractivity contribution in [3.05, 3.63) is 51.9 Å². The minimum absolute atomic E-state index is 0.0866. The van der Waals surface area contributed by atoms with E-state index in [1.54, 1.807) is 13.0 Å². The van der Waals surface area contributed by atoms with Crippen LogP contribution in [0.25, 0.3) is 0 Å². The van der Waals surface area contributed by atoms with Crippen molar-refractivity contribution in [2.45, 2.75) is 6.92 Å². The van der Waals surface area contributed by atoms with Crippen LogP contribution in [0.2, 0.25) is 10.0 Å². The van der Waals surface area contributed by atoms with Gasteiger partial charge in [0.2, 0.25) is 0 Å². The second-order valence-electron chi connectivity index (χ2n) is 4.81. The van der Waals surface area contributed by atoms with Crippen molar-refractivity contribution in [2.75, 3.05) is 18.5 Å². The molecule has 1 heterocycles. The number of hydrogen-bond acceptors (Lipinski definition) is 5. The molecule has 0 atom stereocenters. The van der Waals surface area contributed by atoms with E-state index in [9.17, 15) is 14.0 Å². The van der Waals surface area contributed by atoms with Crippen LogP contribution in [0.5, 0.6) is 5.75 Å². The molecule has 0 saturated heterocycles. The summed E-state index contributed by atoms with van der Waals surface area (Å²) >= 11 is 11.8. The zero-order valence-corrected chi connectivity index (χ0v) is 14.5. The Balaban J connectivity index is 1.81. The molecule has 1 aromatic heterocycles. The number of aryl methyl sites for hydroxylation is 1. The third-order valence-corrected chi connectivity index (χ3v) is 3.58. The maximum atomic E-state index is 13.3. The van der Waals surface area contributed by atoms with E-state index in [0.717, 1.165) is 0 Å². The fourth-order valence-electron chi connectivity index (χ4n) is 1.70. The summed E-state index contributed by atoms with van der Waals surface area (Å²) in [5, 5.41) is 2.91. The summed E-state index contributed by atoms with van der Waals surface area (Å²) in [6.45, 7) is 0.542. The Morgan fingerprint density at radius 2 is 1.92 bits per heavy atom. The predicted molar refractivity (Wildman–Crippen MR) is 90.5 cm³/mol. The van der Waals surface area contributed by atoms with Crippen LogP contribution < -0.4 is 10.1 Å². The second kappa shape index (κ2) is 8.64. The van der Waals surface area contributed by atoms with Crippen molar-refractivity contribution in [2.24, 2.45) is 0 Å². The first kappa shape index (κ1) is 19.0. The number of benzene rings is 1. The number of nitrogens with one attached hydrogen (secondary N) is 1. The van der Waals surface area contributed by atoms with Crippen LogP contribution in [0.15, 0.2) is 30.3 Å². The van der Waals surface area contributed by atoms with Gasteiger partial charge in [-0.05, 0) is 25.1 Å². The summed E-state index contributed by atoms with van der Waals surface area (Å²) in [7, 11) is 0. The van der Waals surface area contributed by atoms with Crippen molar-refractivity contribution in [1.82, 2.24) is 4.98 Å². The minimum atomic E-state index is -0.829. The Hall–Kier alpha value is -2.38. The van der Waals surface area contributed by atoms with Gasteiger partial charge in [0.1, 0.15) is 0 Å². The van der Waals surface area contributed by atoms with E-state index >= 15 is 0 Å². The number of carbonyl (C=O) groups excluding carboxylic acids is 2. The van der Waals surface area contributed by atoms with E-state index in [1.807, 2.05) is 0 Å². The lowest BCUT2D eigenvalue weighted by atomic mass is 10.3. The molecular weight excluding hydrogens is 374 g/mol. The molecule has 0 aliphatic carbocycles. The molecule has 0 bridgehead atoms. The number of ether oxygens (including phenoxy) is 2. The van der Waals surface area contributed by atoms with Crippen molar-refractivity contribution in [3.8, 4) is 5.75 Å². The van der Waals surface area contributed by atoms with Crippen LogP contribution in [-0.2, 0) is 14.3 Å². The molecule has 1 N–H and O–H groups in total.